The second-order valence-corrected chi connectivity index (χ2v) is 7.28. The maximum absolute atomic E-state index is 13.3. The Kier molecular flexibility index (Phi) is 5.35. The summed E-state index contributed by atoms with van der Waals surface area (Å²) in [5, 5.41) is 10.6. The Morgan fingerprint density at radius 3 is 2.21 bits per heavy atom. The largest absolute Gasteiger partial charge is 0.433 e. The Morgan fingerprint density at radius 1 is 1.07 bits per heavy atom. The fourth-order valence-electron chi connectivity index (χ4n) is 3.83. The number of hydrogen-bond acceptors (Lipinski definition) is 3. The molecule has 3 unspecified atom stereocenters. The average Bonchev–Trinajstić information content (AvgIpc) is 2.90. The van der Waals surface area contributed by atoms with Crippen molar-refractivity contribution in [3.63, 3.8) is 0 Å². The van der Waals surface area contributed by atoms with Crippen LogP contribution in [0.1, 0.15) is 49.6 Å². The first kappa shape index (κ1) is 20.9. The number of β-amino-alcohol motifs (C(OH)–C–C–N with tert-alkyl or cyclic N) is 1. The number of aromatic nitrogens is 1. The Morgan fingerprint density at radius 2 is 1.68 bits per heavy atom. The second-order valence-electron chi connectivity index (χ2n) is 7.28. The lowest BCUT2D eigenvalue weighted by Crippen LogP contribution is -2.36. The van der Waals surface area contributed by atoms with Gasteiger partial charge in [0.1, 0.15) is 5.69 Å². The number of likely N-dealkylation sites (tertiary alicyclic amines) is 1. The summed E-state index contributed by atoms with van der Waals surface area (Å²) >= 11 is 0. The molecule has 0 spiro atoms. The molecule has 154 valence electrons. The minimum absolute atomic E-state index is 0.0367. The van der Waals surface area contributed by atoms with Gasteiger partial charge in [-0.15, -0.1) is 0 Å². The molecule has 1 fully saturated rings. The molecule has 3 nitrogen and oxygen atoms in total. The summed E-state index contributed by atoms with van der Waals surface area (Å²) in [6.07, 6.45) is -9.40. The first-order valence-corrected chi connectivity index (χ1v) is 8.91. The van der Waals surface area contributed by atoms with Crippen molar-refractivity contribution in [2.24, 2.45) is 0 Å². The summed E-state index contributed by atoms with van der Waals surface area (Å²) in [6, 6.07) is 3.97. The maximum atomic E-state index is 13.3. The van der Waals surface area contributed by atoms with Crippen molar-refractivity contribution in [2.75, 3.05) is 6.54 Å². The van der Waals surface area contributed by atoms with Gasteiger partial charge in [-0.3, -0.25) is 4.90 Å². The molecule has 0 amide bonds. The van der Waals surface area contributed by atoms with Gasteiger partial charge in [-0.1, -0.05) is 12.1 Å². The van der Waals surface area contributed by atoms with E-state index in [1.54, 1.807) is 0 Å². The van der Waals surface area contributed by atoms with Gasteiger partial charge >= 0.3 is 12.4 Å². The highest BCUT2D eigenvalue weighted by Crippen LogP contribution is 2.39. The quantitative estimate of drug-likeness (QED) is 0.714. The minimum atomic E-state index is -4.93. The number of pyridine rings is 1. The van der Waals surface area contributed by atoms with Crippen LogP contribution < -0.4 is 0 Å². The van der Waals surface area contributed by atoms with E-state index in [0.29, 0.717) is 12.1 Å². The highest BCUT2D eigenvalue weighted by molar-refractivity contribution is 5.86. The Hall–Kier alpha value is -1.87. The molecule has 3 rings (SSSR count). The van der Waals surface area contributed by atoms with Crippen LogP contribution in [0.2, 0.25) is 0 Å². The zero-order valence-electron chi connectivity index (χ0n) is 15.3. The molecule has 1 aromatic carbocycles. The molecule has 1 N–H and O–H groups in total. The second kappa shape index (κ2) is 7.18. The fraction of sp³-hybridized carbons (Fsp3) is 0.526. The van der Waals surface area contributed by atoms with Gasteiger partial charge in [0, 0.05) is 24.0 Å². The predicted molar refractivity (Wildman–Crippen MR) is 91.6 cm³/mol. The number of hydrogen-bond donors (Lipinski definition) is 1. The summed E-state index contributed by atoms with van der Waals surface area (Å²) in [7, 11) is 0. The van der Waals surface area contributed by atoms with E-state index in [0.717, 1.165) is 18.9 Å². The number of benzene rings is 1. The molecule has 1 saturated heterocycles. The van der Waals surface area contributed by atoms with Crippen LogP contribution in [0.25, 0.3) is 10.9 Å². The molecule has 3 atom stereocenters. The van der Waals surface area contributed by atoms with Gasteiger partial charge < -0.3 is 5.11 Å². The van der Waals surface area contributed by atoms with Crippen LogP contribution in [0.5, 0.6) is 0 Å². The third-order valence-corrected chi connectivity index (χ3v) is 5.34. The number of aliphatic hydroxyl groups is 1. The molecule has 1 aromatic heterocycles. The fourth-order valence-corrected chi connectivity index (χ4v) is 3.83. The van der Waals surface area contributed by atoms with Crippen molar-refractivity contribution in [2.45, 2.75) is 57.2 Å². The molecular formula is C19H20F6N2O. The van der Waals surface area contributed by atoms with E-state index >= 15 is 0 Å². The van der Waals surface area contributed by atoms with Crippen LogP contribution in [0.4, 0.5) is 26.3 Å². The first-order valence-electron chi connectivity index (χ1n) is 8.91. The SMILES string of the molecule is CC1CCC(C)N1CC(O)c1cc(C(F)(F)F)nc2c(C(F)(F)F)cccc12. The zero-order valence-corrected chi connectivity index (χ0v) is 15.3. The van der Waals surface area contributed by atoms with E-state index in [4.69, 9.17) is 0 Å². The van der Waals surface area contributed by atoms with Gasteiger partial charge in [0.2, 0.25) is 0 Å². The highest BCUT2D eigenvalue weighted by atomic mass is 19.4. The van der Waals surface area contributed by atoms with Gasteiger partial charge in [-0.2, -0.15) is 26.3 Å². The van der Waals surface area contributed by atoms with E-state index in [9.17, 15) is 31.4 Å². The molecule has 0 radical (unpaired) electrons. The lowest BCUT2D eigenvalue weighted by molar-refractivity contribution is -0.142. The van der Waals surface area contributed by atoms with E-state index in [1.165, 1.54) is 6.07 Å². The average molecular weight is 406 g/mol. The minimum Gasteiger partial charge on any atom is -0.387 e. The first-order chi connectivity index (χ1) is 12.9. The molecule has 2 aromatic rings. The third kappa shape index (κ3) is 3.96. The van der Waals surface area contributed by atoms with Gasteiger partial charge in [-0.25, -0.2) is 4.98 Å². The number of rotatable bonds is 3. The van der Waals surface area contributed by atoms with Crippen LogP contribution in [0, 0.1) is 0 Å². The van der Waals surface area contributed by atoms with E-state index in [1.807, 2.05) is 18.7 Å². The highest BCUT2D eigenvalue weighted by Gasteiger charge is 2.38. The molecule has 9 heteroatoms. The molecule has 0 saturated carbocycles. The topological polar surface area (TPSA) is 36.4 Å². The molecular weight excluding hydrogens is 386 g/mol. The Bertz CT molecular complexity index is 854. The Balaban J connectivity index is 2.15. The summed E-state index contributed by atoms with van der Waals surface area (Å²) in [5.74, 6) is 0. The van der Waals surface area contributed by atoms with Crippen molar-refractivity contribution in [1.29, 1.82) is 0 Å². The van der Waals surface area contributed by atoms with Crippen LogP contribution in [-0.4, -0.2) is 33.6 Å². The van der Waals surface area contributed by atoms with Gasteiger partial charge in [-0.05, 0) is 44.4 Å². The molecule has 2 heterocycles. The van der Waals surface area contributed by atoms with Crippen molar-refractivity contribution >= 4 is 10.9 Å². The van der Waals surface area contributed by atoms with Crippen LogP contribution in [0.3, 0.4) is 0 Å². The van der Waals surface area contributed by atoms with Crippen molar-refractivity contribution in [1.82, 2.24) is 9.88 Å². The summed E-state index contributed by atoms with van der Waals surface area (Å²) in [4.78, 5) is 5.20. The number of nitrogens with zero attached hydrogens (tertiary/aromatic N) is 2. The molecule has 0 aliphatic carbocycles. The van der Waals surface area contributed by atoms with Crippen LogP contribution in [-0.2, 0) is 12.4 Å². The standard InChI is InChI=1S/C19H20F6N2O/c1-10-6-7-11(2)27(10)9-15(28)13-8-16(19(23,24)25)26-17-12(13)4-3-5-14(17)18(20,21)22/h3-5,8,10-11,15,28H,6-7,9H2,1-2H3. The van der Waals surface area contributed by atoms with Crippen molar-refractivity contribution < 1.29 is 31.4 Å². The zero-order chi connectivity index (χ0) is 20.9. The molecule has 28 heavy (non-hydrogen) atoms. The summed E-state index contributed by atoms with van der Waals surface area (Å²) in [5.41, 5.74) is -3.71. The van der Waals surface area contributed by atoms with Crippen molar-refractivity contribution in [3.05, 3.63) is 41.1 Å². The number of para-hydroxylation sites is 1. The van der Waals surface area contributed by atoms with Gasteiger partial charge in [0.05, 0.1) is 17.2 Å². The molecule has 1 aliphatic heterocycles. The van der Waals surface area contributed by atoms with Gasteiger partial charge in [0.25, 0.3) is 0 Å². The lowest BCUT2D eigenvalue weighted by atomic mass is 9.99. The number of aliphatic hydroxyl groups excluding tert-OH is 1. The van der Waals surface area contributed by atoms with Crippen molar-refractivity contribution in [3.8, 4) is 0 Å². The normalized spacial score (nSPS) is 22.8. The van der Waals surface area contributed by atoms with Crippen LogP contribution >= 0.6 is 0 Å². The van der Waals surface area contributed by atoms with Gasteiger partial charge in [0.15, 0.2) is 0 Å². The van der Waals surface area contributed by atoms with E-state index in [2.05, 4.69) is 4.98 Å². The summed E-state index contributed by atoms with van der Waals surface area (Å²) in [6.45, 7) is 3.93. The number of fused-ring (bicyclic) bond motifs is 1. The summed E-state index contributed by atoms with van der Waals surface area (Å²) < 4.78 is 79.8. The predicted octanol–water partition coefficient (Wildman–Crippen LogP) is 5.18. The third-order valence-electron chi connectivity index (χ3n) is 5.34. The van der Waals surface area contributed by atoms with E-state index < -0.39 is 35.2 Å². The monoisotopic (exact) mass is 406 g/mol. The van der Waals surface area contributed by atoms with E-state index in [-0.39, 0.29) is 29.6 Å². The Labute approximate surface area is 158 Å². The maximum Gasteiger partial charge on any atom is 0.433 e. The lowest BCUT2D eigenvalue weighted by Gasteiger charge is -2.29. The number of alkyl halides is 6. The number of halogens is 6. The van der Waals surface area contributed by atoms with Crippen LogP contribution in [0.15, 0.2) is 24.3 Å². The molecule has 0 bridgehead atoms. The smallest absolute Gasteiger partial charge is 0.387 e. The molecule has 1 aliphatic rings.